The summed E-state index contributed by atoms with van der Waals surface area (Å²) in [7, 11) is 3.02. The number of ether oxygens (including phenoxy) is 2. The highest BCUT2D eigenvalue weighted by Gasteiger charge is 2.10. The first-order valence-corrected chi connectivity index (χ1v) is 6.56. The zero-order valence-electron chi connectivity index (χ0n) is 12.1. The summed E-state index contributed by atoms with van der Waals surface area (Å²) in [4.78, 5) is 38.1. The molecule has 0 aliphatic heterocycles. The minimum Gasteiger partial charge on any atom is -0.377 e. The summed E-state index contributed by atoms with van der Waals surface area (Å²) in [6.45, 7) is 0.370. The fraction of sp³-hybridized carbons (Fsp3) is 0.286. The number of benzene rings is 1. The number of aromatic amines is 2. The van der Waals surface area contributed by atoms with Gasteiger partial charge in [0.1, 0.15) is 24.9 Å². The molecule has 0 fully saturated rings. The van der Waals surface area contributed by atoms with E-state index in [-0.39, 0.29) is 24.3 Å². The largest absolute Gasteiger partial charge is 0.377 e. The maximum atomic E-state index is 12.1. The summed E-state index contributed by atoms with van der Waals surface area (Å²) < 4.78 is 9.92. The maximum Gasteiger partial charge on any atom is 0.258 e. The van der Waals surface area contributed by atoms with Crippen molar-refractivity contribution in [2.75, 3.05) is 14.2 Å². The molecule has 0 radical (unpaired) electrons. The monoisotopic (exact) mass is 302 g/mol. The second-order valence-corrected chi connectivity index (χ2v) is 4.78. The van der Waals surface area contributed by atoms with E-state index in [2.05, 4.69) is 19.9 Å². The van der Waals surface area contributed by atoms with E-state index in [1.54, 1.807) is 12.1 Å². The van der Waals surface area contributed by atoms with E-state index in [9.17, 15) is 9.59 Å². The summed E-state index contributed by atoms with van der Waals surface area (Å²) in [6.07, 6.45) is 0. The molecule has 0 bridgehead atoms. The Bertz CT molecular complexity index is 881. The normalized spacial score (nSPS) is 11.4. The van der Waals surface area contributed by atoms with Gasteiger partial charge in [-0.15, -0.1) is 0 Å². The van der Waals surface area contributed by atoms with E-state index in [1.807, 2.05) is 0 Å². The molecule has 3 rings (SSSR count). The number of aromatic nitrogens is 4. The molecule has 8 heteroatoms. The molecular weight excluding hydrogens is 288 g/mol. The van der Waals surface area contributed by atoms with Crippen LogP contribution in [0.15, 0.2) is 21.7 Å². The zero-order valence-corrected chi connectivity index (χ0v) is 12.1. The number of nitrogens with zero attached hydrogens (tertiary/aromatic N) is 2. The predicted octanol–water partition coefficient (Wildman–Crippen LogP) is 0.452. The van der Waals surface area contributed by atoms with Crippen LogP contribution in [0.25, 0.3) is 21.8 Å². The highest BCUT2D eigenvalue weighted by atomic mass is 16.5. The third kappa shape index (κ3) is 2.49. The molecule has 0 atom stereocenters. The maximum absolute atomic E-state index is 12.1. The second-order valence-electron chi connectivity index (χ2n) is 4.78. The van der Waals surface area contributed by atoms with Crippen molar-refractivity contribution < 1.29 is 9.47 Å². The molecule has 8 nitrogen and oxygen atoms in total. The highest BCUT2D eigenvalue weighted by Crippen LogP contribution is 2.15. The Morgan fingerprint density at radius 1 is 0.864 bits per heavy atom. The molecule has 2 heterocycles. The van der Waals surface area contributed by atoms with Crippen LogP contribution in [-0.2, 0) is 22.7 Å². The Morgan fingerprint density at radius 2 is 1.27 bits per heavy atom. The number of rotatable bonds is 4. The van der Waals surface area contributed by atoms with Crippen LogP contribution in [0.5, 0.6) is 0 Å². The Morgan fingerprint density at radius 3 is 1.64 bits per heavy atom. The van der Waals surface area contributed by atoms with Crippen LogP contribution in [0, 0.1) is 0 Å². The molecule has 0 aliphatic rings. The van der Waals surface area contributed by atoms with Gasteiger partial charge in [0.15, 0.2) is 0 Å². The number of fused-ring (bicyclic) bond motifs is 2. The first-order chi connectivity index (χ1) is 10.6. The molecule has 2 aromatic heterocycles. The molecule has 0 amide bonds. The fourth-order valence-corrected chi connectivity index (χ4v) is 2.28. The van der Waals surface area contributed by atoms with Crippen molar-refractivity contribution in [3.8, 4) is 0 Å². The first kappa shape index (κ1) is 14.4. The predicted molar refractivity (Wildman–Crippen MR) is 79.7 cm³/mol. The molecule has 114 valence electrons. The smallest absolute Gasteiger partial charge is 0.258 e. The summed E-state index contributed by atoms with van der Waals surface area (Å²) in [5, 5.41) is 0.739. The van der Waals surface area contributed by atoms with Crippen molar-refractivity contribution in [1.82, 2.24) is 19.9 Å². The quantitative estimate of drug-likeness (QED) is 0.677. The molecule has 1 aromatic carbocycles. The van der Waals surface area contributed by atoms with E-state index < -0.39 is 0 Å². The van der Waals surface area contributed by atoms with E-state index in [1.165, 1.54) is 14.2 Å². The molecule has 0 saturated heterocycles. The lowest BCUT2D eigenvalue weighted by Gasteiger charge is -2.05. The first-order valence-electron chi connectivity index (χ1n) is 6.56. The van der Waals surface area contributed by atoms with Gasteiger partial charge >= 0.3 is 0 Å². The molecule has 0 spiro atoms. The number of methoxy groups -OCH3 is 2. The number of nitrogens with one attached hydrogen (secondary N) is 2. The van der Waals surface area contributed by atoms with Crippen LogP contribution in [0.1, 0.15) is 11.6 Å². The molecule has 0 unspecified atom stereocenters. The molecule has 2 N–H and O–H groups in total. The average Bonchev–Trinajstić information content (AvgIpc) is 2.47. The Labute approximate surface area is 124 Å². The van der Waals surface area contributed by atoms with Gasteiger partial charge in [-0.2, -0.15) is 0 Å². The van der Waals surface area contributed by atoms with Gasteiger partial charge in [0.2, 0.25) is 0 Å². The average molecular weight is 302 g/mol. The lowest BCUT2D eigenvalue weighted by molar-refractivity contribution is 0.178. The van der Waals surface area contributed by atoms with Crippen LogP contribution in [0.2, 0.25) is 0 Å². The standard InChI is InChI=1S/C14H14N4O4/c1-21-5-11-15-9-3-8-10(4-7(9)13(19)17-11)16-12(6-22-2)18-14(8)20/h3-4H,5-6H2,1-2H3,(H,15,17,19)(H,16,18,20). The summed E-state index contributed by atoms with van der Waals surface area (Å²) in [6, 6.07) is 3.11. The SMILES string of the molecule is COCc1nc2cc3c(=O)[nH]c(COC)nc3cc2c(=O)[nH]1. The van der Waals surface area contributed by atoms with E-state index in [0.29, 0.717) is 33.5 Å². The Kier molecular flexibility index (Phi) is 3.70. The topological polar surface area (TPSA) is 110 Å². The van der Waals surface area contributed by atoms with Crippen LogP contribution >= 0.6 is 0 Å². The fourth-order valence-electron chi connectivity index (χ4n) is 2.28. The highest BCUT2D eigenvalue weighted by molar-refractivity contribution is 5.93. The van der Waals surface area contributed by atoms with Crippen LogP contribution in [0.4, 0.5) is 0 Å². The van der Waals surface area contributed by atoms with Crippen molar-refractivity contribution in [2.24, 2.45) is 0 Å². The molecule has 3 aromatic rings. The molecule has 22 heavy (non-hydrogen) atoms. The lowest BCUT2D eigenvalue weighted by Crippen LogP contribution is -2.15. The third-order valence-corrected chi connectivity index (χ3v) is 3.19. The van der Waals surface area contributed by atoms with Gasteiger partial charge < -0.3 is 19.4 Å². The molecule has 0 aliphatic carbocycles. The van der Waals surface area contributed by atoms with Crippen molar-refractivity contribution in [1.29, 1.82) is 0 Å². The van der Waals surface area contributed by atoms with Gasteiger partial charge in [-0.25, -0.2) is 9.97 Å². The third-order valence-electron chi connectivity index (χ3n) is 3.19. The number of hydrogen-bond donors (Lipinski definition) is 2. The van der Waals surface area contributed by atoms with Gasteiger partial charge in [-0.3, -0.25) is 9.59 Å². The number of H-pyrrole nitrogens is 2. The number of hydrogen-bond acceptors (Lipinski definition) is 6. The van der Waals surface area contributed by atoms with Gasteiger partial charge in [0.05, 0.1) is 21.8 Å². The van der Waals surface area contributed by atoms with E-state index >= 15 is 0 Å². The zero-order chi connectivity index (χ0) is 15.7. The van der Waals surface area contributed by atoms with Crippen molar-refractivity contribution in [3.63, 3.8) is 0 Å². The molecular formula is C14H14N4O4. The van der Waals surface area contributed by atoms with E-state index in [0.717, 1.165) is 0 Å². The van der Waals surface area contributed by atoms with Crippen molar-refractivity contribution in [3.05, 3.63) is 44.5 Å². The summed E-state index contributed by atoms with van der Waals surface area (Å²) >= 11 is 0. The molecule has 0 saturated carbocycles. The van der Waals surface area contributed by atoms with Gasteiger partial charge in [0.25, 0.3) is 11.1 Å². The van der Waals surface area contributed by atoms with Crippen molar-refractivity contribution >= 4 is 21.8 Å². The Hall–Kier alpha value is -2.58. The summed E-state index contributed by atoms with van der Waals surface area (Å²) in [5.74, 6) is 0.805. The minimum atomic E-state index is -0.297. The Balaban J connectivity index is 2.31. The van der Waals surface area contributed by atoms with Gasteiger partial charge in [-0.1, -0.05) is 0 Å². The lowest BCUT2D eigenvalue weighted by atomic mass is 10.1. The summed E-state index contributed by atoms with van der Waals surface area (Å²) in [5.41, 5.74) is 0.258. The van der Waals surface area contributed by atoms with Crippen LogP contribution < -0.4 is 11.1 Å². The van der Waals surface area contributed by atoms with Crippen LogP contribution in [-0.4, -0.2) is 34.2 Å². The van der Waals surface area contributed by atoms with Crippen molar-refractivity contribution in [2.45, 2.75) is 13.2 Å². The second kappa shape index (κ2) is 5.66. The minimum absolute atomic E-state index is 0.185. The van der Waals surface area contributed by atoms with E-state index in [4.69, 9.17) is 9.47 Å². The van der Waals surface area contributed by atoms with Crippen LogP contribution in [0.3, 0.4) is 0 Å². The van der Waals surface area contributed by atoms with Gasteiger partial charge in [0, 0.05) is 14.2 Å². The van der Waals surface area contributed by atoms with Gasteiger partial charge in [-0.05, 0) is 12.1 Å².